The summed E-state index contributed by atoms with van der Waals surface area (Å²) < 4.78 is 78.0. The Morgan fingerprint density at radius 1 is 0.484 bits per heavy atom. The number of nitrogens with zero attached hydrogens (tertiary/aromatic N) is 9. The van der Waals surface area contributed by atoms with E-state index in [0.717, 1.165) is 78.5 Å². The van der Waals surface area contributed by atoms with Gasteiger partial charge in [0.15, 0.2) is 5.78 Å². The molecule has 0 saturated carbocycles. The Bertz CT molecular complexity index is 1580. The van der Waals surface area contributed by atoms with Crippen molar-refractivity contribution in [2.24, 2.45) is 0 Å². The van der Waals surface area contributed by atoms with Crippen LogP contribution in [0.3, 0.4) is 0 Å². The quantitative estimate of drug-likeness (QED) is 0.249. The summed E-state index contributed by atoms with van der Waals surface area (Å²) in [4.78, 5) is 30.8. The number of ketones is 1. The molecule has 4 aliphatic rings. The van der Waals surface area contributed by atoms with Gasteiger partial charge in [-0.25, -0.2) is 0 Å². The van der Waals surface area contributed by atoms with Gasteiger partial charge in [-0.05, 0) is 53.2 Å². The average Bonchev–Trinajstić information content (AvgIpc) is 3.36. The third-order valence-corrected chi connectivity index (χ3v) is 11.1. The van der Waals surface area contributed by atoms with E-state index < -0.39 is 25.3 Å². The first-order chi connectivity index (χ1) is 28.2. The van der Waals surface area contributed by atoms with Crippen molar-refractivity contribution in [2.45, 2.75) is 56.5 Å². The van der Waals surface area contributed by atoms with E-state index in [0.29, 0.717) is 5.78 Å². The molecule has 62 heavy (non-hydrogen) atoms. The molecule has 347 valence electrons. The molecule has 2 aromatic rings. The Morgan fingerprint density at radius 3 is 0.871 bits per heavy atom. The second kappa shape index (κ2) is 25.6. The minimum absolute atomic E-state index is 0. The van der Waals surface area contributed by atoms with Crippen LogP contribution in [0, 0.1) is 34.0 Å². The number of hydrogen-bond acceptors (Lipinski definition) is 10. The van der Waals surface area contributed by atoms with Crippen LogP contribution < -0.4 is 0 Å². The second-order valence-corrected chi connectivity index (χ2v) is 16.5. The number of carbonyl (C=O) groups is 1. The number of likely N-dealkylation sites (N-methyl/N-ethyl adjacent to an activating group) is 4. The Labute approximate surface area is 373 Å². The fourth-order valence-corrected chi connectivity index (χ4v) is 8.99. The summed E-state index contributed by atoms with van der Waals surface area (Å²) in [5.41, 5.74) is 0.953. The van der Waals surface area contributed by atoms with Crippen LogP contribution in [0.5, 0.6) is 0 Å². The van der Waals surface area contributed by atoms with Crippen LogP contribution in [0.1, 0.15) is 45.7 Å². The monoisotopic (exact) mass is 928 g/mol. The molecule has 0 unspecified atom stereocenters. The van der Waals surface area contributed by atoms with Crippen LogP contribution in [0.15, 0.2) is 60.7 Å². The van der Waals surface area contributed by atoms with Gasteiger partial charge in [-0.1, -0.05) is 60.7 Å². The van der Waals surface area contributed by atoms with Gasteiger partial charge in [-0.3, -0.25) is 14.6 Å². The molecule has 6 rings (SSSR count). The number of halogens is 8. The standard InChI is InChI=1S/C35H52N6O.3C2H3N.2BF4.Co/c1-32(21-36(3)17-18-37(4)22-32)40-25-34(29-13-9-7-10-14-29)27-41(33(2)23-38(5)19-20-39(6)24-33)28-35(26-40,31(34)42)30-15-11-8-12-16-30;3*1-2-3;2*2-1(3,4)5;/h7-16H,17-28H2,1-6H3;3*1H3;;;/q;;;;2*-1;+2. The number of Topliss-reactive ketones (excluding diaryl/α,β-unsaturated/α-hetero) is 1. The van der Waals surface area contributed by atoms with E-state index in [2.05, 4.69) is 132 Å². The van der Waals surface area contributed by atoms with Gasteiger partial charge in [0.2, 0.25) is 0 Å². The molecule has 4 fully saturated rings. The fraction of sp³-hybridized carbons (Fsp3) is 0.610. The van der Waals surface area contributed by atoms with Crippen molar-refractivity contribution in [3.05, 3.63) is 71.8 Å². The summed E-state index contributed by atoms with van der Waals surface area (Å²) in [7, 11) is -2.96. The predicted octanol–water partition coefficient (Wildman–Crippen LogP) is 6.52. The van der Waals surface area contributed by atoms with E-state index in [9.17, 15) is 34.5 Å². The summed E-state index contributed by atoms with van der Waals surface area (Å²) >= 11 is 0. The number of rotatable bonds is 4. The molecule has 1 radical (unpaired) electrons. The van der Waals surface area contributed by atoms with E-state index in [4.69, 9.17) is 15.8 Å². The van der Waals surface area contributed by atoms with E-state index >= 15 is 4.79 Å². The molecule has 4 aliphatic heterocycles. The van der Waals surface area contributed by atoms with Gasteiger partial charge in [0.25, 0.3) is 0 Å². The van der Waals surface area contributed by atoms with Gasteiger partial charge in [0.1, 0.15) is 0 Å². The number of nitriles is 3. The first-order valence-corrected chi connectivity index (χ1v) is 19.8. The van der Waals surface area contributed by atoms with Crippen LogP contribution in [0.4, 0.5) is 34.5 Å². The average molecular weight is 929 g/mol. The van der Waals surface area contributed by atoms with Crippen LogP contribution in [0.2, 0.25) is 0 Å². The van der Waals surface area contributed by atoms with Crippen molar-refractivity contribution in [3.8, 4) is 18.2 Å². The SMILES string of the molecule is CC#N.CC#N.CC#N.CN1CCN(C)CC(C)(N2CC3(c4ccccc4)CN(C4(C)CN(C)CCN(C)C4)CC(c4ccccc4)(C2)C3=O)C1.F[B-](F)(F)F.F[B-](F)(F)F.[Co+2]. The van der Waals surface area contributed by atoms with Gasteiger partial charge in [0.05, 0.1) is 29.0 Å². The maximum atomic E-state index is 15.4. The molecule has 0 aromatic heterocycles. The molecule has 0 amide bonds. The maximum Gasteiger partial charge on any atom is 2.00 e. The molecule has 4 heterocycles. The molecule has 0 spiro atoms. The zero-order valence-electron chi connectivity index (χ0n) is 37.2. The maximum absolute atomic E-state index is 15.4. The minimum Gasteiger partial charge on any atom is -0.418 e. The Kier molecular flexibility index (Phi) is 24.2. The minimum atomic E-state index is -6.00. The summed E-state index contributed by atoms with van der Waals surface area (Å²) in [6, 6.07) is 26.8. The number of likely N-dealkylation sites (tertiary alicyclic amines) is 2. The molecule has 0 aliphatic carbocycles. The zero-order chi connectivity index (χ0) is 46.9. The molecule has 10 nitrogen and oxygen atoms in total. The first-order valence-electron chi connectivity index (χ1n) is 19.8. The van der Waals surface area contributed by atoms with Crippen molar-refractivity contribution in [3.63, 3.8) is 0 Å². The smallest absolute Gasteiger partial charge is 0.418 e. The number of fused-ring (bicyclic) bond motifs is 2. The number of piperidine rings is 2. The van der Waals surface area contributed by atoms with Gasteiger partial charge < -0.3 is 54.1 Å². The van der Waals surface area contributed by atoms with Crippen molar-refractivity contribution in [1.29, 1.82) is 15.8 Å². The second-order valence-electron chi connectivity index (χ2n) is 16.5. The van der Waals surface area contributed by atoms with Crippen LogP contribution in [-0.2, 0) is 32.4 Å². The summed E-state index contributed by atoms with van der Waals surface area (Å²) in [5, 5.41) is 22.0. The molecular weight excluding hydrogens is 867 g/mol. The van der Waals surface area contributed by atoms with Gasteiger partial charge in [-0.15, -0.1) is 0 Å². The number of carbonyl (C=O) groups excluding carboxylic acids is 1. The van der Waals surface area contributed by atoms with Crippen LogP contribution in [0.25, 0.3) is 0 Å². The van der Waals surface area contributed by atoms with Crippen molar-refractivity contribution in [1.82, 2.24) is 29.4 Å². The zero-order valence-corrected chi connectivity index (χ0v) is 38.2. The molecule has 4 saturated heterocycles. The van der Waals surface area contributed by atoms with Crippen LogP contribution >= 0.6 is 0 Å². The Morgan fingerprint density at radius 2 is 0.677 bits per heavy atom. The van der Waals surface area contributed by atoms with Crippen molar-refractivity contribution in [2.75, 3.05) is 107 Å². The largest absolute Gasteiger partial charge is 2.00 e. The van der Waals surface area contributed by atoms with Crippen molar-refractivity contribution < 1.29 is 56.1 Å². The Hall–Kier alpha value is -3.58. The Balaban J connectivity index is 0.00000158. The van der Waals surface area contributed by atoms with E-state index in [1.165, 1.54) is 31.9 Å². The topological polar surface area (TPSA) is 108 Å². The van der Waals surface area contributed by atoms with Gasteiger partial charge in [0, 0.05) is 110 Å². The first kappa shape index (κ1) is 58.4. The van der Waals surface area contributed by atoms with Gasteiger partial charge in [-0.2, -0.15) is 15.8 Å². The van der Waals surface area contributed by atoms with E-state index in [-0.39, 0.29) is 27.9 Å². The van der Waals surface area contributed by atoms with Crippen molar-refractivity contribution >= 4 is 20.3 Å². The van der Waals surface area contributed by atoms with E-state index in [1.807, 2.05) is 0 Å². The normalized spacial score (nSPS) is 24.3. The molecular formula is C41H61B2CoF8N9O. The summed E-state index contributed by atoms with van der Waals surface area (Å²) in [6.07, 6.45) is 0. The molecule has 0 atom stereocenters. The van der Waals surface area contributed by atoms with Crippen LogP contribution in [-0.4, -0.2) is 167 Å². The number of benzene rings is 2. The molecule has 0 N–H and O–H groups in total. The predicted molar refractivity (Wildman–Crippen MR) is 225 cm³/mol. The summed E-state index contributed by atoms with van der Waals surface area (Å²) in [5.74, 6) is 0.415. The number of hydrogen-bond donors (Lipinski definition) is 0. The van der Waals surface area contributed by atoms with E-state index in [1.54, 1.807) is 18.2 Å². The molecule has 21 heteroatoms. The van der Waals surface area contributed by atoms with Gasteiger partial charge >= 0.3 is 31.3 Å². The molecule has 2 aromatic carbocycles. The third-order valence-electron chi connectivity index (χ3n) is 11.1. The molecule has 2 bridgehead atoms. The summed E-state index contributed by atoms with van der Waals surface area (Å²) in [6.45, 7) is 20.5. The third kappa shape index (κ3) is 17.9. The fourth-order valence-electron chi connectivity index (χ4n) is 8.99.